The van der Waals surface area contributed by atoms with Crippen LogP contribution in [0.25, 0.3) is 0 Å². The van der Waals surface area contributed by atoms with Crippen molar-refractivity contribution in [2.45, 2.75) is 12.7 Å². The summed E-state index contributed by atoms with van der Waals surface area (Å²) in [6, 6.07) is 18.7. The molecule has 0 bridgehead atoms. The van der Waals surface area contributed by atoms with Gasteiger partial charge in [-0.1, -0.05) is 36.4 Å². The summed E-state index contributed by atoms with van der Waals surface area (Å²) >= 11 is 0. The zero-order valence-corrected chi connectivity index (χ0v) is 10.0. The van der Waals surface area contributed by atoms with Crippen LogP contribution in [0.4, 0.5) is 0 Å². The summed E-state index contributed by atoms with van der Waals surface area (Å²) in [6.07, 6.45) is -0.430. The van der Waals surface area contributed by atoms with Gasteiger partial charge < -0.3 is 14.6 Å². The zero-order valence-electron chi connectivity index (χ0n) is 10.0. The fourth-order valence-electron chi connectivity index (χ4n) is 1.51. The van der Waals surface area contributed by atoms with Gasteiger partial charge >= 0.3 is 0 Å². The summed E-state index contributed by atoms with van der Waals surface area (Å²) < 4.78 is 10.8. The molecular weight excluding hydrogens is 228 g/mol. The van der Waals surface area contributed by atoms with E-state index in [4.69, 9.17) is 9.47 Å². The fraction of sp³-hybridized carbons (Fsp3) is 0.200. The second-order valence-corrected chi connectivity index (χ2v) is 3.84. The molecule has 1 N–H and O–H groups in total. The first kappa shape index (κ1) is 12.5. The van der Waals surface area contributed by atoms with Gasteiger partial charge in [-0.15, -0.1) is 0 Å². The maximum Gasteiger partial charge on any atom is 0.200 e. The molecule has 0 aliphatic rings. The van der Waals surface area contributed by atoms with Gasteiger partial charge in [0.2, 0.25) is 6.29 Å². The summed E-state index contributed by atoms with van der Waals surface area (Å²) in [6.45, 7) is 0.415. The van der Waals surface area contributed by atoms with E-state index < -0.39 is 6.29 Å². The van der Waals surface area contributed by atoms with Gasteiger partial charge in [0, 0.05) is 6.42 Å². The van der Waals surface area contributed by atoms with Crippen LogP contribution in [0.1, 0.15) is 6.42 Å². The van der Waals surface area contributed by atoms with E-state index in [0.29, 0.717) is 18.8 Å². The van der Waals surface area contributed by atoms with Gasteiger partial charge in [0.15, 0.2) is 0 Å². The Morgan fingerprint density at radius 1 is 0.833 bits per heavy atom. The van der Waals surface area contributed by atoms with Gasteiger partial charge in [-0.05, 0) is 24.3 Å². The first-order valence-corrected chi connectivity index (χ1v) is 5.92. The molecule has 0 amide bonds. The third-order valence-electron chi connectivity index (χ3n) is 2.39. The summed E-state index contributed by atoms with van der Waals surface area (Å²) in [5.41, 5.74) is 0. The SMILES string of the molecule is OC(CCOc1ccccc1)Oc1ccccc1. The lowest BCUT2D eigenvalue weighted by Gasteiger charge is -2.13. The van der Waals surface area contributed by atoms with Crippen LogP contribution < -0.4 is 9.47 Å². The molecule has 0 fully saturated rings. The Balaban J connectivity index is 1.71. The highest BCUT2D eigenvalue weighted by atomic mass is 16.6. The zero-order chi connectivity index (χ0) is 12.6. The van der Waals surface area contributed by atoms with E-state index in [1.54, 1.807) is 12.1 Å². The summed E-state index contributed by atoms with van der Waals surface area (Å²) in [5, 5.41) is 9.68. The monoisotopic (exact) mass is 244 g/mol. The molecule has 0 saturated heterocycles. The fourth-order valence-corrected chi connectivity index (χ4v) is 1.51. The largest absolute Gasteiger partial charge is 0.493 e. The number of para-hydroxylation sites is 2. The second-order valence-electron chi connectivity index (χ2n) is 3.84. The smallest absolute Gasteiger partial charge is 0.200 e. The molecule has 0 saturated carbocycles. The van der Waals surface area contributed by atoms with Crippen LogP contribution in [-0.4, -0.2) is 18.0 Å². The van der Waals surface area contributed by atoms with Crippen molar-refractivity contribution in [3.8, 4) is 11.5 Å². The summed E-state index contributed by atoms with van der Waals surface area (Å²) in [4.78, 5) is 0. The van der Waals surface area contributed by atoms with Crippen molar-refractivity contribution in [3.63, 3.8) is 0 Å². The maximum absolute atomic E-state index is 9.68. The van der Waals surface area contributed by atoms with Gasteiger partial charge in [-0.3, -0.25) is 0 Å². The number of hydrogen-bond acceptors (Lipinski definition) is 3. The number of rotatable bonds is 6. The van der Waals surface area contributed by atoms with Gasteiger partial charge in [-0.25, -0.2) is 0 Å². The molecule has 94 valence electrons. The van der Waals surface area contributed by atoms with Gasteiger partial charge in [0.1, 0.15) is 11.5 Å². The average Bonchev–Trinajstić information content (AvgIpc) is 2.41. The Hall–Kier alpha value is -2.00. The topological polar surface area (TPSA) is 38.7 Å². The van der Waals surface area contributed by atoms with Crippen LogP contribution >= 0.6 is 0 Å². The maximum atomic E-state index is 9.68. The molecule has 0 spiro atoms. The normalized spacial score (nSPS) is 11.8. The van der Waals surface area contributed by atoms with Crippen molar-refractivity contribution in [2.24, 2.45) is 0 Å². The Bertz CT molecular complexity index is 442. The predicted octanol–water partition coefficient (Wildman–Crippen LogP) is 2.85. The highest BCUT2D eigenvalue weighted by molar-refractivity contribution is 5.21. The Morgan fingerprint density at radius 3 is 2.00 bits per heavy atom. The van der Waals surface area contributed by atoms with E-state index >= 15 is 0 Å². The Kier molecular flexibility index (Phi) is 4.61. The Morgan fingerprint density at radius 2 is 1.39 bits per heavy atom. The van der Waals surface area contributed by atoms with E-state index in [9.17, 15) is 5.11 Å². The molecule has 0 aromatic heterocycles. The van der Waals surface area contributed by atoms with E-state index in [1.807, 2.05) is 48.5 Å². The van der Waals surface area contributed by atoms with Crippen molar-refractivity contribution in [3.05, 3.63) is 60.7 Å². The van der Waals surface area contributed by atoms with Gasteiger partial charge in [-0.2, -0.15) is 0 Å². The van der Waals surface area contributed by atoms with Crippen molar-refractivity contribution in [1.29, 1.82) is 0 Å². The minimum atomic E-state index is -0.851. The first-order chi connectivity index (χ1) is 8.84. The third kappa shape index (κ3) is 4.11. The lowest BCUT2D eigenvalue weighted by molar-refractivity contribution is -0.0307. The van der Waals surface area contributed by atoms with E-state index in [2.05, 4.69) is 0 Å². The molecule has 2 aromatic carbocycles. The molecule has 18 heavy (non-hydrogen) atoms. The lowest BCUT2D eigenvalue weighted by atomic mass is 10.3. The van der Waals surface area contributed by atoms with E-state index in [-0.39, 0.29) is 0 Å². The molecule has 1 atom stereocenters. The van der Waals surface area contributed by atoms with Gasteiger partial charge in [0.25, 0.3) is 0 Å². The number of aliphatic hydroxyl groups excluding tert-OH is 1. The molecule has 3 nitrogen and oxygen atoms in total. The van der Waals surface area contributed by atoms with Crippen LogP contribution in [0.15, 0.2) is 60.7 Å². The highest BCUT2D eigenvalue weighted by Gasteiger charge is 2.05. The molecule has 0 aliphatic heterocycles. The standard InChI is InChI=1S/C15H16O3/c16-15(18-14-9-5-2-6-10-14)11-12-17-13-7-3-1-4-8-13/h1-10,15-16H,11-12H2. The highest BCUT2D eigenvalue weighted by Crippen LogP contribution is 2.12. The second kappa shape index (κ2) is 6.67. The van der Waals surface area contributed by atoms with Crippen LogP contribution in [0, 0.1) is 0 Å². The lowest BCUT2D eigenvalue weighted by Crippen LogP contribution is -2.18. The average molecular weight is 244 g/mol. The molecule has 3 heteroatoms. The number of hydrogen-bond donors (Lipinski definition) is 1. The molecule has 2 rings (SSSR count). The summed E-state index contributed by atoms with van der Waals surface area (Å²) in [5.74, 6) is 1.45. The molecule has 2 aromatic rings. The molecular formula is C15H16O3. The van der Waals surface area contributed by atoms with Crippen LogP contribution in [0.2, 0.25) is 0 Å². The van der Waals surface area contributed by atoms with E-state index in [0.717, 1.165) is 5.75 Å². The van der Waals surface area contributed by atoms with Crippen LogP contribution in [-0.2, 0) is 0 Å². The van der Waals surface area contributed by atoms with Crippen molar-refractivity contribution >= 4 is 0 Å². The first-order valence-electron chi connectivity index (χ1n) is 5.92. The molecule has 0 radical (unpaired) electrons. The van der Waals surface area contributed by atoms with Crippen molar-refractivity contribution in [2.75, 3.05) is 6.61 Å². The number of ether oxygens (including phenoxy) is 2. The molecule has 1 unspecified atom stereocenters. The number of aliphatic hydroxyl groups is 1. The summed E-state index contributed by atoms with van der Waals surface area (Å²) in [7, 11) is 0. The Labute approximate surface area is 107 Å². The molecule has 0 heterocycles. The molecule has 0 aliphatic carbocycles. The third-order valence-corrected chi connectivity index (χ3v) is 2.39. The van der Waals surface area contributed by atoms with Crippen molar-refractivity contribution < 1.29 is 14.6 Å². The van der Waals surface area contributed by atoms with E-state index in [1.165, 1.54) is 0 Å². The minimum Gasteiger partial charge on any atom is -0.493 e. The quantitative estimate of drug-likeness (QED) is 0.794. The predicted molar refractivity (Wildman–Crippen MR) is 69.6 cm³/mol. The van der Waals surface area contributed by atoms with Gasteiger partial charge in [0.05, 0.1) is 6.61 Å². The van der Waals surface area contributed by atoms with Crippen LogP contribution in [0.5, 0.6) is 11.5 Å². The van der Waals surface area contributed by atoms with Crippen molar-refractivity contribution in [1.82, 2.24) is 0 Å². The minimum absolute atomic E-state index is 0.415. The number of benzene rings is 2. The van der Waals surface area contributed by atoms with Crippen LogP contribution in [0.3, 0.4) is 0 Å².